The molecule has 1 amide bonds. The van der Waals surface area contributed by atoms with E-state index in [2.05, 4.69) is 19.2 Å². The molecule has 2 aromatic rings. The molecule has 6 heteroatoms. The summed E-state index contributed by atoms with van der Waals surface area (Å²) in [5.74, 6) is 1.02. The SMILES string of the molecule is CC(C)CC(C)(CN)NC(=O)c1ccc(COc2ccc(F)cc2)o1. The zero-order valence-electron chi connectivity index (χ0n) is 14.8. The minimum Gasteiger partial charge on any atom is -0.486 e. The highest BCUT2D eigenvalue weighted by Crippen LogP contribution is 2.18. The van der Waals surface area contributed by atoms with Crippen LogP contribution < -0.4 is 15.8 Å². The van der Waals surface area contributed by atoms with Crippen LogP contribution in [0.25, 0.3) is 0 Å². The van der Waals surface area contributed by atoms with Gasteiger partial charge in [0.2, 0.25) is 0 Å². The summed E-state index contributed by atoms with van der Waals surface area (Å²) in [4.78, 5) is 12.4. The van der Waals surface area contributed by atoms with Crippen LogP contribution in [0.3, 0.4) is 0 Å². The molecule has 0 aliphatic heterocycles. The average molecular weight is 348 g/mol. The monoisotopic (exact) mass is 348 g/mol. The number of carbonyl (C=O) groups excluding carboxylic acids is 1. The lowest BCUT2D eigenvalue weighted by atomic mass is 9.90. The molecule has 1 heterocycles. The maximum Gasteiger partial charge on any atom is 0.287 e. The number of furan rings is 1. The van der Waals surface area contributed by atoms with Gasteiger partial charge in [0.15, 0.2) is 5.76 Å². The third-order valence-electron chi connectivity index (χ3n) is 3.80. The highest BCUT2D eigenvalue weighted by atomic mass is 19.1. The number of halogens is 1. The molecule has 0 aliphatic rings. The Morgan fingerprint density at radius 1 is 1.28 bits per heavy atom. The molecule has 0 radical (unpaired) electrons. The van der Waals surface area contributed by atoms with E-state index in [1.807, 2.05) is 6.92 Å². The van der Waals surface area contributed by atoms with Gasteiger partial charge >= 0.3 is 0 Å². The number of rotatable bonds is 8. The minimum absolute atomic E-state index is 0.152. The van der Waals surface area contributed by atoms with Crippen LogP contribution >= 0.6 is 0 Å². The van der Waals surface area contributed by atoms with Crippen LogP contribution in [-0.2, 0) is 6.61 Å². The van der Waals surface area contributed by atoms with Crippen molar-refractivity contribution in [1.29, 1.82) is 0 Å². The van der Waals surface area contributed by atoms with Crippen molar-refractivity contribution in [3.05, 3.63) is 53.7 Å². The highest BCUT2D eigenvalue weighted by molar-refractivity contribution is 5.92. The summed E-state index contributed by atoms with van der Waals surface area (Å²) < 4.78 is 23.9. The number of hydrogen-bond acceptors (Lipinski definition) is 4. The van der Waals surface area contributed by atoms with Gasteiger partial charge in [-0.2, -0.15) is 0 Å². The number of hydrogen-bond donors (Lipinski definition) is 2. The standard InChI is InChI=1S/C19H25FN2O3/c1-13(2)10-19(3,12-21)22-18(23)17-9-8-16(25-17)11-24-15-6-4-14(20)5-7-15/h4-9,13H,10-12,21H2,1-3H3,(H,22,23). The van der Waals surface area contributed by atoms with Crippen molar-refractivity contribution in [2.75, 3.05) is 6.54 Å². The Morgan fingerprint density at radius 2 is 1.96 bits per heavy atom. The summed E-state index contributed by atoms with van der Waals surface area (Å²) in [6.07, 6.45) is 0.774. The smallest absolute Gasteiger partial charge is 0.287 e. The van der Waals surface area contributed by atoms with Crippen LogP contribution in [-0.4, -0.2) is 18.0 Å². The van der Waals surface area contributed by atoms with Crippen LogP contribution in [0, 0.1) is 11.7 Å². The first-order valence-corrected chi connectivity index (χ1v) is 8.31. The quantitative estimate of drug-likeness (QED) is 0.765. The maximum absolute atomic E-state index is 12.9. The molecular formula is C19H25FN2O3. The summed E-state index contributed by atoms with van der Waals surface area (Å²) >= 11 is 0. The van der Waals surface area contributed by atoms with Crippen molar-refractivity contribution in [1.82, 2.24) is 5.32 Å². The first-order valence-electron chi connectivity index (χ1n) is 8.31. The number of nitrogens with one attached hydrogen (secondary N) is 1. The molecule has 1 aromatic heterocycles. The van der Waals surface area contributed by atoms with Crippen LogP contribution in [0.2, 0.25) is 0 Å². The van der Waals surface area contributed by atoms with Gasteiger partial charge in [0.25, 0.3) is 5.91 Å². The summed E-state index contributed by atoms with van der Waals surface area (Å²) in [6, 6.07) is 8.98. The second-order valence-electron chi connectivity index (χ2n) is 6.83. The third kappa shape index (κ3) is 5.60. The molecule has 136 valence electrons. The number of ether oxygens (including phenoxy) is 1. The average Bonchev–Trinajstić information content (AvgIpc) is 3.02. The predicted molar refractivity (Wildman–Crippen MR) is 93.8 cm³/mol. The number of amides is 1. The molecule has 0 aliphatic carbocycles. The van der Waals surface area contributed by atoms with E-state index < -0.39 is 5.54 Å². The molecule has 0 bridgehead atoms. The highest BCUT2D eigenvalue weighted by Gasteiger charge is 2.27. The lowest BCUT2D eigenvalue weighted by Crippen LogP contribution is -2.52. The summed E-state index contributed by atoms with van der Waals surface area (Å²) in [6.45, 7) is 6.58. The minimum atomic E-state index is -0.483. The first kappa shape index (κ1) is 19.0. The van der Waals surface area contributed by atoms with E-state index in [-0.39, 0.29) is 24.1 Å². The fraction of sp³-hybridized carbons (Fsp3) is 0.421. The van der Waals surface area contributed by atoms with Crippen molar-refractivity contribution < 1.29 is 18.3 Å². The molecular weight excluding hydrogens is 323 g/mol. The van der Waals surface area contributed by atoms with Gasteiger partial charge in [-0.15, -0.1) is 0 Å². The molecule has 1 unspecified atom stereocenters. The molecule has 0 spiro atoms. The van der Waals surface area contributed by atoms with E-state index in [4.69, 9.17) is 14.9 Å². The Hall–Kier alpha value is -2.34. The van der Waals surface area contributed by atoms with Gasteiger partial charge in [-0.1, -0.05) is 13.8 Å². The Balaban J connectivity index is 1.95. The summed E-state index contributed by atoms with van der Waals surface area (Å²) in [7, 11) is 0. The molecule has 25 heavy (non-hydrogen) atoms. The van der Waals surface area contributed by atoms with E-state index in [1.165, 1.54) is 24.3 Å². The van der Waals surface area contributed by atoms with Crippen molar-refractivity contribution >= 4 is 5.91 Å². The Morgan fingerprint density at radius 3 is 2.56 bits per heavy atom. The second kappa shape index (κ2) is 8.16. The van der Waals surface area contributed by atoms with Crippen LogP contribution in [0.5, 0.6) is 5.75 Å². The van der Waals surface area contributed by atoms with Gasteiger partial charge < -0.3 is 20.2 Å². The van der Waals surface area contributed by atoms with Crippen LogP contribution in [0.4, 0.5) is 4.39 Å². The van der Waals surface area contributed by atoms with E-state index in [0.717, 1.165) is 6.42 Å². The van der Waals surface area contributed by atoms with E-state index in [9.17, 15) is 9.18 Å². The fourth-order valence-electron chi connectivity index (χ4n) is 2.68. The summed E-state index contributed by atoms with van der Waals surface area (Å²) in [5, 5.41) is 2.94. The van der Waals surface area contributed by atoms with Crippen molar-refractivity contribution in [2.24, 2.45) is 11.7 Å². The predicted octanol–water partition coefficient (Wildman–Crippen LogP) is 3.49. The van der Waals surface area contributed by atoms with Gasteiger partial charge in [0.1, 0.15) is 23.9 Å². The topological polar surface area (TPSA) is 77.5 Å². The zero-order chi connectivity index (χ0) is 18.4. The molecule has 2 rings (SSSR count). The van der Waals surface area contributed by atoms with Gasteiger partial charge in [-0.25, -0.2) is 4.39 Å². The van der Waals surface area contributed by atoms with Gasteiger partial charge in [-0.05, 0) is 55.7 Å². The molecule has 0 saturated heterocycles. The lowest BCUT2D eigenvalue weighted by molar-refractivity contribution is 0.0865. The van der Waals surface area contributed by atoms with E-state index in [0.29, 0.717) is 24.0 Å². The fourth-order valence-corrected chi connectivity index (χ4v) is 2.68. The first-order chi connectivity index (χ1) is 11.8. The number of benzene rings is 1. The van der Waals surface area contributed by atoms with Crippen molar-refractivity contribution in [2.45, 2.75) is 39.3 Å². The third-order valence-corrected chi connectivity index (χ3v) is 3.80. The normalized spacial score (nSPS) is 13.5. The Kier molecular flexibility index (Phi) is 6.20. The van der Waals surface area contributed by atoms with Gasteiger partial charge in [0, 0.05) is 6.54 Å². The van der Waals surface area contributed by atoms with Gasteiger partial charge in [0.05, 0.1) is 5.54 Å². The largest absolute Gasteiger partial charge is 0.486 e. The molecule has 3 N–H and O–H groups in total. The maximum atomic E-state index is 12.9. The second-order valence-corrected chi connectivity index (χ2v) is 6.83. The van der Waals surface area contributed by atoms with Crippen molar-refractivity contribution in [3.63, 3.8) is 0 Å². The molecule has 0 saturated carbocycles. The van der Waals surface area contributed by atoms with E-state index in [1.54, 1.807) is 12.1 Å². The molecule has 5 nitrogen and oxygen atoms in total. The number of nitrogens with two attached hydrogens (primary N) is 1. The molecule has 0 fully saturated rings. The molecule has 1 atom stereocenters. The Labute approximate surface area is 147 Å². The van der Waals surface area contributed by atoms with Crippen molar-refractivity contribution in [3.8, 4) is 5.75 Å². The van der Waals surface area contributed by atoms with Gasteiger partial charge in [-0.3, -0.25) is 4.79 Å². The zero-order valence-corrected chi connectivity index (χ0v) is 14.8. The lowest BCUT2D eigenvalue weighted by Gasteiger charge is -2.30. The van der Waals surface area contributed by atoms with Crippen LogP contribution in [0.1, 0.15) is 43.5 Å². The van der Waals surface area contributed by atoms with Crippen LogP contribution in [0.15, 0.2) is 40.8 Å². The van der Waals surface area contributed by atoms with E-state index >= 15 is 0 Å². The molecule has 1 aromatic carbocycles. The summed E-state index contributed by atoms with van der Waals surface area (Å²) in [5.41, 5.74) is 5.33. The number of carbonyl (C=O) groups is 1. The Bertz CT molecular complexity index is 697.